The molecule has 0 bridgehead atoms. The Morgan fingerprint density at radius 2 is 1.86 bits per heavy atom. The van der Waals surface area contributed by atoms with Gasteiger partial charge in [0.05, 0.1) is 17.8 Å². The van der Waals surface area contributed by atoms with Crippen LogP contribution in [0, 0.1) is 0 Å². The molecule has 0 spiro atoms. The maximum Gasteiger partial charge on any atom is 0.290 e. The van der Waals surface area contributed by atoms with Crippen LogP contribution in [0.1, 0.15) is 30.2 Å². The molecule has 148 valence electrons. The molecule has 2 saturated heterocycles. The van der Waals surface area contributed by atoms with Crippen molar-refractivity contribution in [2.45, 2.75) is 43.5 Å². The highest BCUT2D eigenvalue weighted by Gasteiger charge is 2.45. The van der Waals surface area contributed by atoms with Gasteiger partial charge in [0.1, 0.15) is 5.69 Å². The molecule has 5 rings (SSSR count). The minimum Gasteiger partial charge on any atom is -0.389 e. The molecule has 2 fully saturated rings. The van der Waals surface area contributed by atoms with Crippen LogP contribution < -0.4 is 10.2 Å². The molecule has 1 aromatic heterocycles. The number of alkyl halides is 3. The smallest absolute Gasteiger partial charge is 0.290 e. The number of aromatic nitrogens is 2. The van der Waals surface area contributed by atoms with Gasteiger partial charge >= 0.3 is 0 Å². The second-order valence-corrected chi connectivity index (χ2v) is 8.01. The number of fused-ring (bicyclic) bond motifs is 1. The van der Waals surface area contributed by atoms with Gasteiger partial charge in [0, 0.05) is 37.2 Å². The lowest BCUT2D eigenvalue weighted by Gasteiger charge is -2.43. The van der Waals surface area contributed by atoms with E-state index in [1.54, 1.807) is 29.2 Å². The third-order valence-corrected chi connectivity index (χ3v) is 6.21. The van der Waals surface area contributed by atoms with Gasteiger partial charge in [0.25, 0.3) is 5.92 Å². The van der Waals surface area contributed by atoms with Gasteiger partial charge in [0.15, 0.2) is 5.67 Å². The summed E-state index contributed by atoms with van der Waals surface area (Å²) in [7, 11) is 0. The van der Waals surface area contributed by atoms with E-state index in [-0.39, 0.29) is 43.6 Å². The number of benzene rings is 1. The summed E-state index contributed by atoms with van der Waals surface area (Å²) in [5.41, 5.74) is 0.576. The number of rotatable bonds is 3. The Bertz CT molecular complexity index is 930. The van der Waals surface area contributed by atoms with E-state index in [4.69, 9.17) is 0 Å². The van der Waals surface area contributed by atoms with Gasteiger partial charge in [-0.15, -0.1) is 0 Å². The van der Waals surface area contributed by atoms with Gasteiger partial charge in [0.2, 0.25) is 5.95 Å². The van der Waals surface area contributed by atoms with Crippen LogP contribution in [0.2, 0.25) is 0 Å². The quantitative estimate of drug-likeness (QED) is 0.844. The number of aliphatic hydroxyl groups excluding tert-OH is 1. The first-order valence-electron chi connectivity index (χ1n) is 9.53. The third kappa shape index (κ3) is 2.54. The Balaban J connectivity index is 1.58. The number of nitrogens with zero attached hydrogens (tertiary/aromatic N) is 3. The summed E-state index contributed by atoms with van der Waals surface area (Å²) in [6, 6.07) is 6.67. The number of β-amino-alcohol motifs (C(OH)–C–C–N with tert-alkyl or cyclic N) is 1. The highest BCUT2D eigenvalue weighted by molar-refractivity contribution is 5.68. The van der Waals surface area contributed by atoms with Crippen molar-refractivity contribution in [2.75, 3.05) is 24.5 Å². The number of halogens is 3. The van der Waals surface area contributed by atoms with Crippen LogP contribution in [0.3, 0.4) is 0 Å². The average Bonchev–Trinajstić information content (AvgIpc) is 2.98. The lowest BCUT2D eigenvalue weighted by molar-refractivity contribution is -0.00603. The molecule has 0 radical (unpaired) electrons. The van der Waals surface area contributed by atoms with Gasteiger partial charge in [-0.05, 0) is 18.9 Å². The van der Waals surface area contributed by atoms with E-state index in [9.17, 15) is 18.3 Å². The summed E-state index contributed by atoms with van der Waals surface area (Å²) in [5.74, 6) is -2.78. The van der Waals surface area contributed by atoms with Crippen LogP contribution in [-0.2, 0) is 18.0 Å². The highest BCUT2D eigenvalue weighted by atomic mass is 19.3. The monoisotopic (exact) mass is 390 g/mol. The minimum absolute atomic E-state index is 0.203. The van der Waals surface area contributed by atoms with Crippen LogP contribution in [-0.4, -0.2) is 46.9 Å². The Hall–Kier alpha value is -2.19. The number of nitrogens with one attached hydrogen (secondary N) is 1. The second kappa shape index (κ2) is 5.90. The van der Waals surface area contributed by atoms with Crippen LogP contribution >= 0.6 is 0 Å². The summed E-state index contributed by atoms with van der Waals surface area (Å²) in [5, 5.41) is 12.7. The van der Waals surface area contributed by atoms with Crippen molar-refractivity contribution < 1.29 is 18.3 Å². The molecule has 1 aliphatic carbocycles. The Kier molecular flexibility index (Phi) is 3.77. The standard InChI is InChI=1S/C20H21F3N4O/c1-11-15(28)8-27(11)18-25-16(14-6-7-20(22,23)17(14)26-18)12-2-4-13(5-3-12)19(21)9-24-10-19/h2-5,11,15,24,28H,6-10H2,1H3/t11-,15+/m0/s1. The molecule has 2 aromatic rings. The zero-order valence-corrected chi connectivity index (χ0v) is 15.4. The number of hydrogen-bond acceptors (Lipinski definition) is 5. The molecule has 2 atom stereocenters. The van der Waals surface area contributed by atoms with Crippen molar-refractivity contribution in [2.24, 2.45) is 0 Å². The molecule has 2 N–H and O–H groups in total. The fourth-order valence-electron chi connectivity index (χ4n) is 4.11. The molecular formula is C20H21F3N4O. The van der Waals surface area contributed by atoms with E-state index < -0.39 is 17.7 Å². The van der Waals surface area contributed by atoms with E-state index in [1.165, 1.54) is 0 Å². The SMILES string of the molecule is C[C@H]1[C@H](O)CN1c1nc(-c2ccc(C3(F)CNC3)cc2)c2c(n1)C(F)(F)CC2. The van der Waals surface area contributed by atoms with Gasteiger partial charge in [-0.1, -0.05) is 24.3 Å². The lowest BCUT2D eigenvalue weighted by atomic mass is 9.89. The third-order valence-electron chi connectivity index (χ3n) is 6.21. The van der Waals surface area contributed by atoms with Crippen LogP contribution in [0.5, 0.6) is 0 Å². The fourth-order valence-corrected chi connectivity index (χ4v) is 4.11. The van der Waals surface area contributed by atoms with Gasteiger partial charge in [-0.25, -0.2) is 14.4 Å². The summed E-state index contributed by atoms with van der Waals surface area (Å²) >= 11 is 0. The van der Waals surface area contributed by atoms with Crippen molar-refractivity contribution in [3.63, 3.8) is 0 Å². The lowest BCUT2D eigenvalue weighted by Crippen LogP contribution is -2.59. The van der Waals surface area contributed by atoms with Crippen molar-refractivity contribution >= 4 is 5.95 Å². The summed E-state index contributed by atoms with van der Waals surface area (Å²) in [4.78, 5) is 10.5. The van der Waals surface area contributed by atoms with Crippen molar-refractivity contribution in [3.05, 3.63) is 41.1 Å². The molecule has 3 aliphatic rings. The molecule has 1 aromatic carbocycles. The Morgan fingerprint density at radius 3 is 2.43 bits per heavy atom. The van der Waals surface area contributed by atoms with E-state index in [1.807, 2.05) is 6.92 Å². The number of anilines is 1. The zero-order valence-electron chi connectivity index (χ0n) is 15.4. The number of aliphatic hydroxyl groups is 1. The fraction of sp³-hybridized carbons (Fsp3) is 0.500. The first kappa shape index (κ1) is 17.9. The molecule has 5 nitrogen and oxygen atoms in total. The topological polar surface area (TPSA) is 61.3 Å². The van der Waals surface area contributed by atoms with E-state index in [2.05, 4.69) is 15.3 Å². The van der Waals surface area contributed by atoms with E-state index in [0.29, 0.717) is 28.9 Å². The predicted molar refractivity (Wildman–Crippen MR) is 98.2 cm³/mol. The molecule has 3 heterocycles. The normalized spacial score (nSPS) is 27.1. The van der Waals surface area contributed by atoms with Gasteiger partial charge < -0.3 is 15.3 Å². The average molecular weight is 390 g/mol. The first-order valence-corrected chi connectivity index (χ1v) is 9.53. The summed E-state index contributed by atoms with van der Waals surface area (Å²) < 4.78 is 43.4. The van der Waals surface area contributed by atoms with E-state index >= 15 is 0 Å². The largest absolute Gasteiger partial charge is 0.389 e. The molecular weight excluding hydrogens is 369 g/mol. The Morgan fingerprint density at radius 1 is 1.14 bits per heavy atom. The van der Waals surface area contributed by atoms with Crippen molar-refractivity contribution in [1.29, 1.82) is 0 Å². The molecule has 2 aliphatic heterocycles. The summed E-state index contributed by atoms with van der Waals surface area (Å²) in [6.45, 7) is 2.69. The zero-order chi connectivity index (χ0) is 19.7. The summed E-state index contributed by atoms with van der Waals surface area (Å²) in [6.07, 6.45) is -0.602. The molecule has 8 heteroatoms. The first-order chi connectivity index (χ1) is 13.3. The maximum atomic E-state index is 14.6. The van der Waals surface area contributed by atoms with Gasteiger partial charge in [-0.3, -0.25) is 0 Å². The molecule has 0 unspecified atom stereocenters. The van der Waals surface area contributed by atoms with Crippen molar-refractivity contribution in [3.8, 4) is 11.3 Å². The minimum atomic E-state index is -2.99. The Labute approximate surface area is 160 Å². The molecule has 0 saturated carbocycles. The van der Waals surface area contributed by atoms with Crippen LogP contribution in [0.15, 0.2) is 24.3 Å². The molecule has 28 heavy (non-hydrogen) atoms. The maximum absolute atomic E-state index is 14.6. The molecule has 0 amide bonds. The second-order valence-electron chi connectivity index (χ2n) is 8.01. The number of hydrogen-bond donors (Lipinski definition) is 2. The highest BCUT2D eigenvalue weighted by Crippen LogP contribution is 2.45. The van der Waals surface area contributed by atoms with E-state index in [0.717, 1.165) is 0 Å². The van der Waals surface area contributed by atoms with Crippen LogP contribution in [0.4, 0.5) is 19.1 Å². The van der Waals surface area contributed by atoms with Crippen LogP contribution in [0.25, 0.3) is 11.3 Å². The predicted octanol–water partition coefficient (Wildman–Crippen LogP) is 2.52. The van der Waals surface area contributed by atoms with Gasteiger partial charge in [-0.2, -0.15) is 8.78 Å². The van der Waals surface area contributed by atoms with Crippen molar-refractivity contribution in [1.82, 2.24) is 15.3 Å².